The van der Waals surface area contributed by atoms with Crippen molar-refractivity contribution in [1.29, 1.82) is 0 Å². The third kappa shape index (κ3) is 3.51. The van der Waals surface area contributed by atoms with Gasteiger partial charge in [-0.3, -0.25) is 0 Å². The van der Waals surface area contributed by atoms with E-state index in [1.807, 2.05) is 24.3 Å². The number of nitrogens with two attached hydrogens (primary N) is 1. The van der Waals surface area contributed by atoms with Gasteiger partial charge in [0.15, 0.2) is 0 Å². The number of rotatable bonds is 3. The summed E-state index contributed by atoms with van der Waals surface area (Å²) in [5.41, 5.74) is 1.16. The fourth-order valence-electron chi connectivity index (χ4n) is 2.31. The first-order valence-corrected chi connectivity index (χ1v) is 7.93. The molecule has 17 heavy (non-hydrogen) atoms. The smallest absolute Gasteiger partial charge is 0.209 e. The molecule has 1 aliphatic rings. The second-order valence-corrected chi connectivity index (χ2v) is 6.98. The highest BCUT2D eigenvalue weighted by atomic mass is 79.9. The zero-order valence-corrected chi connectivity index (χ0v) is 11.7. The molecule has 0 spiro atoms. The SMILES string of the molecule is NS(=O)(=O)CC1CNCC1c1ccc(Br)cc1. The van der Waals surface area contributed by atoms with Crippen LogP contribution in [0.2, 0.25) is 0 Å². The van der Waals surface area contributed by atoms with Crippen LogP contribution in [0.25, 0.3) is 0 Å². The maximum atomic E-state index is 11.2. The minimum absolute atomic E-state index is 0.0424. The number of primary sulfonamides is 1. The summed E-state index contributed by atoms with van der Waals surface area (Å²) in [6.45, 7) is 1.51. The third-order valence-corrected chi connectivity index (χ3v) is 4.51. The molecule has 0 amide bonds. The molecule has 3 N–H and O–H groups in total. The molecule has 1 aromatic carbocycles. The molecule has 2 rings (SSSR count). The van der Waals surface area contributed by atoms with E-state index in [-0.39, 0.29) is 17.6 Å². The van der Waals surface area contributed by atoms with Crippen molar-refractivity contribution in [3.8, 4) is 0 Å². The second kappa shape index (κ2) is 5.06. The van der Waals surface area contributed by atoms with Crippen molar-refractivity contribution >= 4 is 26.0 Å². The third-order valence-electron chi connectivity index (χ3n) is 3.08. The first-order chi connectivity index (χ1) is 7.96. The Morgan fingerprint density at radius 3 is 2.53 bits per heavy atom. The summed E-state index contributed by atoms with van der Waals surface area (Å²) in [5.74, 6) is 0.327. The van der Waals surface area contributed by atoms with E-state index in [2.05, 4.69) is 21.2 Å². The van der Waals surface area contributed by atoms with Crippen molar-refractivity contribution in [3.63, 3.8) is 0 Å². The molecule has 94 valence electrons. The summed E-state index contributed by atoms with van der Waals surface area (Å²) in [4.78, 5) is 0. The molecule has 1 aliphatic heterocycles. The van der Waals surface area contributed by atoms with Crippen LogP contribution in [0, 0.1) is 5.92 Å². The van der Waals surface area contributed by atoms with Gasteiger partial charge in [0.05, 0.1) is 5.75 Å². The maximum absolute atomic E-state index is 11.2. The van der Waals surface area contributed by atoms with Crippen molar-refractivity contribution in [3.05, 3.63) is 34.3 Å². The van der Waals surface area contributed by atoms with E-state index >= 15 is 0 Å². The lowest BCUT2D eigenvalue weighted by atomic mass is 9.90. The van der Waals surface area contributed by atoms with Crippen LogP contribution in [0.4, 0.5) is 0 Å². The average molecular weight is 319 g/mol. The number of hydrogen-bond donors (Lipinski definition) is 2. The monoisotopic (exact) mass is 318 g/mol. The Morgan fingerprint density at radius 2 is 1.94 bits per heavy atom. The fraction of sp³-hybridized carbons (Fsp3) is 0.455. The first-order valence-electron chi connectivity index (χ1n) is 5.42. The minimum atomic E-state index is -3.41. The van der Waals surface area contributed by atoms with E-state index in [1.165, 1.54) is 0 Å². The molecule has 0 aromatic heterocycles. The van der Waals surface area contributed by atoms with Crippen LogP contribution in [0.15, 0.2) is 28.7 Å². The van der Waals surface area contributed by atoms with Gasteiger partial charge in [-0.05, 0) is 30.2 Å². The number of benzene rings is 1. The summed E-state index contributed by atoms with van der Waals surface area (Å²) in [5, 5.41) is 8.34. The predicted molar refractivity (Wildman–Crippen MR) is 71.2 cm³/mol. The molecule has 6 heteroatoms. The second-order valence-electron chi connectivity index (χ2n) is 4.41. The van der Waals surface area contributed by atoms with Crippen molar-refractivity contribution < 1.29 is 8.42 Å². The lowest BCUT2D eigenvalue weighted by Crippen LogP contribution is -2.27. The normalized spacial score (nSPS) is 25.1. The zero-order valence-electron chi connectivity index (χ0n) is 9.27. The van der Waals surface area contributed by atoms with Gasteiger partial charge < -0.3 is 5.32 Å². The van der Waals surface area contributed by atoms with Crippen LogP contribution < -0.4 is 10.5 Å². The zero-order chi connectivity index (χ0) is 12.5. The van der Waals surface area contributed by atoms with Gasteiger partial charge >= 0.3 is 0 Å². The van der Waals surface area contributed by atoms with Gasteiger partial charge in [0.1, 0.15) is 0 Å². The van der Waals surface area contributed by atoms with E-state index in [0.29, 0.717) is 6.54 Å². The van der Waals surface area contributed by atoms with E-state index in [1.54, 1.807) is 0 Å². The predicted octanol–water partition coefficient (Wildman–Crippen LogP) is 1.04. The number of sulfonamides is 1. The molecule has 1 aromatic rings. The van der Waals surface area contributed by atoms with E-state index in [4.69, 9.17) is 5.14 Å². The average Bonchev–Trinajstić information content (AvgIpc) is 2.64. The van der Waals surface area contributed by atoms with Gasteiger partial charge in [-0.1, -0.05) is 28.1 Å². The molecule has 0 aliphatic carbocycles. The van der Waals surface area contributed by atoms with Gasteiger partial charge in [0.2, 0.25) is 10.0 Å². The Balaban J connectivity index is 2.17. The van der Waals surface area contributed by atoms with Crippen LogP contribution in [0.5, 0.6) is 0 Å². The summed E-state index contributed by atoms with van der Waals surface area (Å²) in [7, 11) is -3.41. The molecule has 1 fully saturated rings. The van der Waals surface area contributed by atoms with E-state index in [9.17, 15) is 8.42 Å². The Hall–Kier alpha value is -0.430. The van der Waals surface area contributed by atoms with Crippen molar-refractivity contribution in [1.82, 2.24) is 5.32 Å². The summed E-state index contributed by atoms with van der Waals surface area (Å²) >= 11 is 3.39. The summed E-state index contributed by atoms with van der Waals surface area (Å²) in [6, 6.07) is 8.00. The molecule has 0 radical (unpaired) electrons. The fourth-order valence-corrected chi connectivity index (χ4v) is 3.52. The van der Waals surface area contributed by atoms with Gasteiger partial charge in [0.25, 0.3) is 0 Å². The molecular formula is C11H15BrN2O2S. The van der Waals surface area contributed by atoms with Crippen molar-refractivity contribution in [2.45, 2.75) is 5.92 Å². The molecule has 2 unspecified atom stereocenters. The highest BCUT2D eigenvalue weighted by Crippen LogP contribution is 2.29. The molecule has 0 bridgehead atoms. The van der Waals surface area contributed by atoms with Crippen molar-refractivity contribution in [2.75, 3.05) is 18.8 Å². The van der Waals surface area contributed by atoms with Crippen molar-refractivity contribution in [2.24, 2.45) is 11.1 Å². The Kier molecular flexibility index (Phi) is 3.87. The van der Waals surface area contributed by atoms with E-state index in [0.717, 1.165) is 16.6 Å². The topological polar surface area (TPSA) is 72.2 Å². The number of hydrogen-bond acceptors (Lipinski definition) is 3. The standard InChI is InChI=1S/C11H15BrN2O2S/c12-10-3-1-8(2-4-10)11-6-14-5-9(11)7-17(13,15)16/h1-4,9,11,14H,5-7H2,(H2,13,15,16). The Labute approximate surface area is 110 Å². The van der Waals surface area contributed by atoms with Crippen LogP contribution >= 0.6 is 15.9 Å². The molecule has 1 saturated heterocycles. The Bertz CT molecular complexity index is 487. The highest BCUT2D eigenvalue weighted by molar-refractivity contribution is 9.10. The van der Waals surface area contributed by atoms with Gasteiger partial charge in [-0.2, -0.15) is 0 Å². The quantitative estimate of drug-likeness (QED) is 0.874. The lowest BCUT2D eigenvalue weighted by Gasteiger charge is -2.17. The molecule has 0 saturated carbocycles. The van der Waals surface area contributed by atoms with E-state index < -0.39 is 10.0 Å². The Morgan fingerprint density at radius 1 is 1.29 bits per heavy atom. The van der Waals surface area contributed by atoms with Gasteiger partial charge in [-0.25, -0.2) is 13.6 Å². The lowest BCUT2D eigenvalue weighted by molar-refractivity contribution is 0.542. The van der Waals surface area contributed by atoms with Crippen LogP contribution in [-0.4, -0.2) is 27.3 Å². The number of nitrogens with one attached hydrogen (secondary N) is 1. The van der Waals surface area contributed by atoms with Gasteiger partial charge in [-0.15, -0.1) is 0 Å². The van der Waals surface area contributed by atoms with Gasteiger partial charge in [0, 0.05) is 16.9 Å². The van der Waals surface area contributed by atoms with Crippen LogP contribution in [0.1, 0.15) is 11.5 Å². The number of halogens is 1. The largest absolute Gasteiger partial charge is 0.316 e. The molecule has 4 nitrogen and oxygen atoms in total. The maximum Gasteiger partial charge on any atom is 0.209 e. The molecular weight excluding hydrogens is 304 g/mol. The molecule has 1 heterocycles. The molecule has 2 atom stereocenters. The van der Waals surface area contributed by atoms with Crippen LogP contribution in [-0.2, 0) is 10.0 Å². The minimum Gasteiger partial charge on any atom is -0.316 e. The first kappa shape index (κ1) is 13.0. The summed E-state index contributed by atoms with van der Waals surface area (Å²) < 4.78 is 23.3. The summed E-state index contributed by atoms with van der Waals surface area (Å²) in [6.07, 6.45) is 0. The van der Waals surface area contributed by atoms with Crippen LogP contribution in [0.3, 0.4) is 0 Å². The highest BCUT2D eigenvalue weighted by Gasteiger charge is 2.31.